The fraction of sp³-hybridized carbons (Fsp3) is 0.235. The molecule has 0 amide bonds. The molecule has 666 valence electrons. The highest BCUT2D eigenvalue weighted by Gasteiger charge is 2.26. The molecule has 0 spiro atoms. The summed E-state index contributed by atoms with van der Waals surface area (Å²) in [6, 6.07) is 106. The van der Waals surface area contributed by atoms with Crippen molar-refractivity contribution in [2.75, 3.05) is 0 Å². The molecule has 16 rings (SSSR count). The number of esters is 7. The van der Waals surface area contributed by atoms with Crippen molar-refractivity contribution in [1.82, 2.24) is 0 Å². The second-order valence-electron chi connectivity index (χ2n) is 37.4. The van der Waals surface area contributed by atoms with Crippen LogP contribution in [0.25, 0.3) is 86.2 Å². The third-order valence-corrected chi connectivity index (χ3v) is 19.0. The molecule has 0 aliphatic rings. The summed E-state index contributed by atoms with van der Waals surface area (Å²) in [5.74, 6) is -2.08. The number of fused-ring (bicyclic) bond motifs is 8. The summed E-state index contributed by atoms with van der Waals surface area (Å²) in [4.78, 5) is 96.5. The van der Waals surface area contributed by atoms with Crippen LogP contribution in [0.3, 0.4) is 0 Å². The Morgan fingerprint density at radius 1 is 0.192 bits per heavy atom. The summed E-state index contributed by atoms with van der Waals surface area (Å²) in [6.45, 7) is 37.2. The van der Waals surface area contributed by atoms with Crippen LogP contribution in [0.2, 0.25) is 0 Å². The molecule has 0 aliphatic carbocycles. The third kappa shape index (κ3) is 29.3. The Balaban J connectivity index is 0.000000159. The predicted octanol–water partition coefficient (Wildman–Crippen LogP) is 28.6. The smallest absolute Gasteiger partial charge is 0.339 e. The van der Waals surface area contributed by atoms with Gasteiger partial charge in [0.05, 0.1) is 45.0 Å². The van der Waals surface area contributed by atoms with Gasteiger partial charge in [-0.1, -0.05) is 243 Å². The van der Waals surface area contributed by atoms with Gasteiger partial charge < -0.3 is 33.2 Å². The lowest BCUT2D eigenvalue weighted by molar-refractivity contribution is 0.00570. The molecule has 0 aliphatic heterocycles. The minimum atomic E-state index is -0.532. The van der Waals surface area contributed by atoms with Crippen molar-refractivity contribution in [3.63, 3.8) is 0 Å². The largest absolute Gasteiger partial charge is 0.459 e. The lowest BCUT2D eigenvalue weighted by Crippen LogP contribution is -2.24. The topological polar surface area (TPSA) is 201 Å². The Labute approximate surface area is 762 Å². The van der Waals surface area contributed by atoms with Crippen molar-refractivity contribution in [2.45, 2.75) is 178 Å². The molecule has 0 N–H and O–H groups in total. The molecule has 0 saturated carbocycles. The predicted molar refractivity (Wildman–Crippen MR) is 527 cm³/mol. The van der Waals surface area contributed by atoms with Crippen LogP contribution in [0.5, 0.6) is 0 Å². The molecule has 0 radical (unpaired) electrons. The van der Waals surface area contributed by atoms with E-state index in [1.807, 2.05) is 357 Å². The van der Waals surface area contributed by atoms with E-state index in [9.17, 15) is 38.4 Å². The van der Waals surface area contributed by atoms with E-state index in [0.29, 0.717) is 50.1 Å². The van der Waals surface area contributed by atoms with Gasteiger partial charge in [0.2, 0.25) is 0 Å². The van der Waals surface area contributed by atoms with Gasteiger partial charge in [0.15, 0.2) is 5.78 Å². The average Bonchev–Trinajstić information content (AvgIpc) is 0.766. The highest BCUT2D eigenvalue weighted by molar-refractivity contribution is 6.17. The summed E-state index contributed by atoms with van der Waals surface area (Å²) in [7, 11) is 0. The average molecular weight is 1740 g/mol. The maximum atomic E-state index is 12.7. The van der Waals surface area contributed by atoms with Crippen LogP contribution >= 0.6 is 0 Å². The fourth-order valence-electron chi connectivity index (χ4n) is 13.5. The van der Waals surface area contributed by atoms with Crippen LogP contribution < -0.4 is 0 Å². The minimum absolute atomic E-state index is 0.0636. The molecule has 0 unspecified atom stereocenters. The van der Waals surface area contributed by atoms with Gasteiger partial charge in [0.1, 0.15) is 33.6 Å². The van der Waals surface area contributed by atoms with Gasteiger partial charge in [-0.2, -0.15) is 0 Å². The van der Waals surface area contributed by atoms with E-state index in [1.54, 1.807) is 60.7 Å². The monoisotopic (exact) mass is 1740 g/mol. The van der Waals surface area contributed by atoms with Gasteiger partial charge >= 0.3 is 41.8 Å². The zero-order valence-electron chi connectivity index (χ0n) is 78.0. The molecule has 0 aromatic heterocycles. The van der Waals surface area contributed by atoms with Crippen molar-refractivity contribution in [2.24, 2.45) is 0 Å². The van der Waals surface area contributed by atoms with Crippen LogP contribution in [0, 0.1) is 0 Å². The number of carbonyl (C=O) groups is 8. The fourth-order valence-corrected chi connectivity index (χ4v) is 13.5. The first-order valence-corrected chi connectivity index (χ1v) is 43.4. The Kier molecular flexibility index (Phi) is 32.3. The number of ketones is 1. The maximum absolute atomic E-state index is 12.7. The number of ether oxygens (including phenoxy) is 7. The van der Waals surface area contributed by atoms with Crippen molar-refractivity contribution in [3.8, 4) is 0 Å². The molecule has 0 saturated heterocycles. The molecule has 15 heteroatoms. The van der Waals surface area contributed by atoms with Gasteiger partial charge in [-0.15, -0.1) is 0 Å². The quantitative estimate of drug-likeness (QED) is 0.0541. The molecule has 0 atom stereocenters. The Hall–Kier alpha value is -14.4. The Morgan fingerprint density at radius 3 is 0.900 bits per heavy atom. The second kappa shape index (κ2) is 42.9. The van der Waals surface area contributed by atoms with Crippen molar-refractivity contribution < 1.29 is 71.5 Å². The van der Waals surface area contributed by atoms with E-state index in [-0.39, 0.29) is 53.7 Å². The van der Waals surface area contributed by atoms with Gasteiger partial charge in [-0.3, -0.25) is 4.79 Å². The van der Waals surface area contributed by atoms with Crippen molar-refractivity contribution in [1.29, 1.82) is 0 Å². The zero-order valence-corrected chi connectivity index (χ0v) is 78.0. The van der Waals surface area contributed by atoms with E-state index >= 15 is 0 Å². The SMILES string of the molecule is CC(C)(C)OC(=O)c1c2ccccc2cc2ccccc12.CC(C)(C)OC(=O)c1ccc(C(=O)c2ccccc2)cc1.CC(C)(C)OC(=O)c1ccc2cc3ccccc3cc2c1.CC(C)(C)OC(=O)c1ccc2ccccc2c1.CC(C)(C)OC(=O)c1cccc2cc3ccccc3cc12.CC(C)(C)OC(=O)c1ccccc1.CC(C)OC(=O)c1cccc2ccccc12. The highest BCUT2D eigenvalue weighted by atomic mass is 16.6. The summed E-state index contributed by atoms with van der Waals surface area (Å²) < 4.78 is 37.5. The number of carbonyl (C=O) groups excluding carboxylic acids is 8. The summed E-state index contributed by atoms with van der Waals surface area (Å²) >= 11 is 0. The number of benzene rings is 16. The zero-order chi connectivity index (χ0) is 94.5. The normalized spacial score (nSPS) is 11.4. The van der Waals surface area contributed by atoms with Gasteiger partial charge in [0, 0.05) is 11.1 Å². The van der Waals surface area contributed by atoms with E-state index in [0.717, 1.165) is 70.0 Å². The highest BCUT2D eigenvalue weighted by Crippen LogP contribution is 2.33. The van der Waals surface area contributed by atoms with Gasteiger partial charge in [-0.05, 0) is 316 Å². The Morgan fingerprint density at radius 2 is 0.454 bits per heavy atom. The van der Waals surface area contributed by atoms with Crippen LogP contribution in [0.4, 0.5) is 0 Å². The van der Waals surface area contributed by atoms with Crippen LogP contribution in [-0.2, 0) is 33.2 Å². The minimum Gasteiger partial charge on any atom is -0.459 e. The number of hydrogen-bond donors (Lipinski definition) is 0. The third-order valence-electron chi connectivity index (χ3n) is 19.0. The first kappa shape index (κ1) is 97.7. The van der Waals surface area contributed by atoms with Crippen molar-refractivity contribution >= 4 is 134 Å². The lowest BCUT2D eigenvalue weighted by atomic mass is 9.96. The number of rotatable bonds is 10. The molecule has 16 aromatic rings. The molecule has 0 bridgehead atoms. The summed E-state index contributed by atoms with van der Waals surface area (Å²) in [5, 5.41) is 17.0. The van der Waals surface area contributed by atoms with Crippen molar-refractivity contribution in [3.05, 3.63) is 384 Å². The van der Waals surface area contributed by atoms with Gasteiger partial charge in [0.25, 0.3) is 0 Å². The first-order chi connectivity index (χ1) is 61.3. The first-order valence-electron chi connectivity index (χ1n) is 43.4. The van der Waals surface area contributed by atoms with E-state index < -0.39 is 33.6 Å². The van der Waals surface area contributed by atoms with E-state index in [2.05, 4.69) is 54.6 Å². The second-order valence-corrected chi connectivity index (χ2v) is 37.4. The Bertz CT molecular complexity index is 6600. The number of hydrogen-bond acceptors (Lipinski definition) is 15. The summed E-state index contributed by atoms with van der Waals surface area (Å²) in [5.41, 5.74) is 2.42. The maximum Gasteiger partial charge on any atom is 0.339 e. The molecule has 15 nitrogen and oxygen atoms in total. The molecule has 0 heterocycles. The summed E-state index contributed by atoms with van der Waals surface area (Å²) in [6.07, 6.45) is -0.0912. The molecular formula is C115H116O15. The molecule has 0 fully saturated rings. The van der Waals surface area contributed by atoms with Crippen LogP contribution in [0.15, 0.2) is 334 Å². The van der Waals surface area contributed by atoms with Crippen LogP contribution in [-0.4, -0.2) is 87.3 Å². The van der Waals surface area contributed by atoms with E-state index in [4.69, 9.17) is 33.2 Å². The lowest BCUT2D eigenvalue weighted by Gasteiger charge is -2.21. The molecule has 130 heavy (non-hydrogen) atoms. The van der Waals surface area contributed by atoms with Crippen LogP contribution in [0.1, 0.15) is 227 Å². The van der Waals surface area contributed by atoms with Gasteiger partial charge in [-0.25, -0.2) is 33.6 Å². The van der Waals surface area contributed by atoms with E-state index in [1.165, 1.54) is 16.2 Å². The molecule has 16 aromatic carbocycles. The molecular weight excluding hydrogens is 1620 g/mol. The standard InChI is InChI=1S/3C19H18O2.C18H18O3.C15H16O2.C14H14O2.C11H14O2/c1-19(2,3)21-18(20)17-15-10-6-4-8-13(15)12-14-9-5-7-11-16(14)17;1-19(2,3)21-18(20)16-10-6-9-15-11-13-7-4-5-8-14(13)12-17(15)16;1-19(2,3)21-18(20)16-9-8-15-10-13-6-4-5-7-14(13)11-17(15)12-16;1-18(2,3)21-17(20)15-11-9-14(10-12-15)16(19)13-7-5-4-6-8-13;1-15(2,3)17-14(16)13-9-8-11-6-4-5-7-12(11)10-13;1-10(2)16-14(15)13-9-5-7-11-6-3-4-8-12(11)13;1-11(2,3)13-10(12)9-7-5-4-6-8-9/h4*4-12H,1-3H3;4-10H,1-3H3;3-10H,1-2H3;4-8H,1-3H3.